The van der Waals surface area contributed by atoms with Crippen LogP contribution in [-0.4, -0.2) is 78.4 Å². The molecule has 0 saturated heterocycles. The summed E-state index contributed by atoms with van der Waals surface area (Å²) in [6, 6.07) is 11.7. The summed E-state index contributed by atoms with van der Waals surface area (Å²) in [5.74, 6) is -4.43. The van der Waals surface area contributed by atoms with E-state index in [1.807, 2.05) is 19.1 Å². The van der Waals surface area contributed by atoms with E-state index >= 15 is 0 Å². The maximum atomic E-state index is 11.0. The number of phenols is 2. The van der Waals surface area contributed by atoms with Crippen molar-refractivity contribution in [3.05, 3.63) is 59.2 Å². The van der Waals surface area contributed by atoms with E-state index in [0.717, 1.165) is 18.4 Å². The van der Waals surface area contributed by atoms with Gasteiger partial charge in [-0.3, -0.25) is 4.79 Å². The first-order valence-corrected chi connectivity index (χ1v) is 10.5. The molecule has 10 N–H and O–H groups in total. The van der Waals surface area contributed by atoms with Gasteiger partial charge in [0.15, 0.2) is 23.7 Å². The van der Waals surface area contributed by atoms with Crippen LogP contribution in [0.25, 0.3) is 0 Å². The first kappa shape index (κ1) is 29.3. The highest BCUT2D eigenvalue weighted by Gasteiger charge is 2.29. The molecule has 0 bridgehead atoms. The Labute approximate surface area is 200 Å². The van der Waals surface area contributed by atoms with E-state index in [-0.39, 0.29) is 17.5 Å². The molecule has 3 unspecified atom stereocenters. The predicted molar refractivity (Wildman–Crippen MR) is 123 cm³/mol. The first-order chi connectivity index (χ1) is 16.3. The Morgan fingerprint density at radius 3 is 1.89 bits per heavy atom. The van der Waals surface area contributed by atoms with Gasteiger partial charge in [0.2, 0.25) is 5.91 Å². The van der Waals surface area contributed by atoms with Gasteiger partial charge in [0.25, 0.3) is 0 Å². The number of hydrogen-bond acceptors (Lipinski definition) is 9. The lowest BCUT2D eigenvalue weighted by molar-refractivity contribution is -0.165. The van der Waals surface area contributed by atoms with E-state index in [1.165, 1.54) is 12.1 Å². The van der Waals surface area contributed by atoms with Crippen LogP contribution >= 0.6 is 0 Å². The second kappa shape index (κ2) is 13.9. The topological polar surface area (TPSA) is 231 Å². The third-order valence-corrected chi connectivity index (χ3v) is 4.95. The van der Waals surface area contributed by atoms with Crippen LogP contribution < -0.4 is 11.1 Å². The van der Waals surface area contributed by atoms with Crippen molar-refractivity contribution < 1.29 is 50.1 Å². The SMILES string of the molecule is CC(CCc1ccc(C(N)=O)cc1)NC[C@@H](O)c1ccc(O)c(O)c1.O=C(O)C(O)C(O)C(=O)O. The van der Waals surface area contributed by atoms with Crippen LogP contribution in [0.5, 0.6) is 11.5 Å². The number of primary amides is 1. The van der Waals surface area contributed by atoms with Crippen molar-refractivity contribution in [2.45, 2.75) is 44.1 Å². The maximum Gasteiger partial charge on any atom is 0.335 e. The number of hydrogen-bond donors (Lipinski definition) is 9. The highest BCUT2D eigenvalue weighted by Crippen LogP contribution is 2.27. The lowest BCUT2D eigenvalue weighted by Gasteiger charge is -2.18. The van der Waals surface area contributed by atoms with Crippen LogP contribution in [0.4, 0.5) is 0 Å². The molecule has 0 radical (unpaired) electrons. The molecule has 1 amide bonds. The number of benzene rings is 2. The zero-order valence-corrected chi connectivity index (χ0v) is 18.9. The third-order valence-electron chi connectivity index (χ3n) is 4.95. The van der Waals surface area contributed by atoms with Gasteiger partial charge < -0.3 is 46.8 Å². The summed E-state index contributed by atoms with van der Waals surface area (Å²) in [7, 11) is 0. The Morgan fingerprint density at radius 1 is 0.886 bits per heavy atom. The molecule has 192 valence electrons. The Bertz CT molecular complexity index is 978. The molecule has 2 aromatic rings. The molecule has 0 spiro atoms. The number of aromatic hydroxyl groups is 2. The number of aliphatic hydroxyl groups excluding tert-OH is 3. The van der Waals surface area contributed by atoms with Gasteiger partial charge in [-0.05, 0) is 55.2 Å². The van der Waals surface area contributed by atoms with E-state index in [9.17, 15) is 29.7 Å². The van der Waals surface area contributed by atoms with Crippen molar-refractivity contribution in [3.63, 3.8) is 0 Å². The fraction of sp³-hybridized carbons (Fsp3) is 0.348. The highest BCUT2D eigenvalue weighted by molar-refractivity contribution is 5.92. The van der Waals surface area contributed by atoms with Crippen molar-refractivity contribution in [2.24, 2.45) is 5.73 Å². The van der Waals surface area contributed by atoms with E-state index < -0.39 is 36.2 Å². The van der Waals surface area contributed by atoms with Gasteiger partial charge in [-0.2, -0.15) is 0 Å². The van der Waals surface area contributed by atoms with Gasteiger partial charge in [-0.1, -0.05) is 18.2 Å². The van der Waals surface area contributed by atoms with Crippen LogP contribution in [0.3, 0.4) is 0 Å². The van der Waals surface area contributed by atoms with E-state index in [0.29, 0.717) is 17.7 Å². The van der Waals surface area contributed by atoms with E-state index in [1.54, 1.807) is 18.2 Å². The molecule has 0 aliphatic rings. The first-order valence-electron chi connectivity index (χ1n) is 10.5. The fourth-order valence-electron chi connectivity index (χ4n) is 2.77. The van der Waals surface area contributed by atoms with Crippen LogP contribution in [-0.2, 0) is 16.0 Å². The number of rotatable bonds is 11. The van der Waals surface area contributed by atoms with Crippen molar-refractivity contribution in [3.8, 4) is 11.5 Å². The Kier molecular flexibility index (Phi) is 11.6. The fourth-order valence-corrected chi connectivity index (χ4v) is 2.77. The molecule has 12 nitrogen and oxygen atoms in total. The van der Waals surface area contributed by atoms with Gasteiger partial charge in [-0.15, -0.1) is 0 Å². The molecule has 0 aliphatic carbocycles. The summed E-state index contributed by atoms with van der Waals surface area (Å²) >= 11 is 0. The Hall–Kier alpha value is -3.71. The van der Waals surface area contributed by atoms with Gasteiger partial charge in [0.05, 0.1) is 6.10 Å². The molecule has 4 atom stereocenters. The summed E-state index contributed by atoms with van der Waals surface area (Å²) < 4.78 is 0. The number of carbonyl (C=O) groups excluding carboxylic acids is 1. The molecule has 0 aromatic heterocycles. The molecule has 0 heterocycles. The van der Waals surface area contributed by atoms with Crippen LogP contribution in [0, 0.1) is 0 Å². The average Bonchev–Trinajstić information content (AvgIpc) is 2.82. The largest absolute Gasteiger partial charge is 0.504 e. The van der Waals surface area contributed by atoms with Gasteiger partial charge in [0, 0.05) is 18.2 Å². The zero-order chi connectivity index (χ0) is 26.7. The summed E-state index contributed by atoms with van der Waals surface area (Å²) in [5.41, 5.74) is 7.37. The molecule has 0 saturated carbocycles. The Balaban J connectivity index is 0.000000518. The highest BCUT2D eigenvalue weighted by atomic mass is 16.4. The lowest BCUT2D eigenvalue weighted by Crippen LogP contribution is -2.39. The number of carboxylic acid groups (broad SMARTS) is 2. The molecule has 2 rings (SSSR count). The maximum absolute atomic E-state index is 11.0. The standard InChI is InChI=1S/C19H24N2O4.C4H6O6/c1-12(2-3-13-4-6-14(7-5-13)19(20)25)21-11-18(24)15-8-9-16(22)17(23)10-15;5-1(3(7)8)2(6)4(9)10/h4-10,12,18,21-24H,2-3,11H2,1H3,(H2,20,25);1-2,5-6H,(H,7,8)(H,9,10)/t12?,18-;/m1./s1. The Morgan fingerprint density at radius 2 is 1.43 bits per heavy atom. The van der Waals surface area contributed by atoms with Crippen molar-refractivity contribution in [2.75, 3.05) is 6.54 Å². The van der Waals surface area contributed by atoms with Crippen LogP contribution in [0.1, 0.15) is 40.9 Å². The summed E-state index contributed by atoms with van der Waals surface area (Å²) in [4.78, 5) is 30.6. The van der Waals surface area contributed by atoms with Crippen molar-refractivity contribution in [1.29, 1.82) is 0 Å². The zero-order valence-electron chi connectivity index (χ0n) is 18.9. The number of nitrogens with one attached hydrogen (secondary N) is 1. The number of amides is 1. The van der Waals surface area contributed by atoms with Gasteiger partial charge in [-0.25, -0.2) is 9.59 Å². The average molecular weight is 494 g/mol. The molecule has 12 heteroatoms. The number of aliphatic hydroxyl groups is 3. The molecule has 35 heavy (non-hydrogen) atoms. The lowest BCUT2D eigenvalue weighted by atomic mass is 10.0. The minimum absolute atomic E-state index is 0.177. The van der Waals surface area contributed by atoms with E-state index in [4.69, 9.17) is 26.2 Å². The van der Waals surface area contributed by atoms with Crippen molar-refractivity contribution in [1.82, 2.24) is 5.32 Å². The molecule has 0 aliphatic heterocycles. The summed E-state index contributed by atoms with van der Waals surface area (Å²) in [6.45, 7) is 2.37. The number of carbonyl (C=O) groups is 3. The van der Waals surface area contributed by atoms with Crippen LogP contribution in [0.15, 0.2) is 42.5 Å². The minimum atomic E-state index is -2.27. The monoisotopic (exact) mass is 494 g/mol. The van der Waals surface area contributed by atoms with Gasteiger partial charge in [0.1, 0.15) is 0 Å². The third kappa shape index (κ3) is 9.98. The van der Waals surface area contributed by atoms with Crippen LogP contribution in [0.2, 0.25) is 0 Å². The second-order valence-corrected chi connectivity index (χ2v) is 7.74. The number of aliphatic carboxylic acids is 2. The molecular weight excluding hydrogens is 464 g/mol. The number of aryl methyl sites for hydroxylation is 1. The number of phenolic OH excluding ortho intramolecular Hbond substituents is 2. The second-order valence-electron chi connectivity index (χ2n) is 7.74. The number of nitrogens with two attached hydrogens (primary N) is 1. The molecule has 2 aromatic carbocycles. The summed E-state index contributed by atoms with van der Waals surface area (Å²) in [6.07, 6.45) is -3.61. The smallest absolute Gasteiger partial charge is 0.335 e. The molecular formula is C23H30N2O10. The van der Waals surface area contributed by atoms with Gasteiger partial charge >= 0.3 is 11.9 Å². The van der Waals surface area contributed by atoms with E-state index in [2.05, 4.69) is 5.32 Å². The normalized spacial score (nSPS) is 14.1. The van der Waals surface area contributed by atoms with Crippen molar-refractivity contribution >= 4 is 17.8 Å². The number of carboxylic acids is 2. The molecule has 0 fully saturated rings. The minimum Gasteiger partial charge on any atom is -0.504 e. The quantitative estimate of drug-likeness (QED) is 0.184. The predicted octanol–water partition coefficient (Wildman–Crippen LogP) is -0.282. The summed E-state index contributed by atoms with van der Waals surface area (Å²) in [5, 5.41) is 64.7.